The van der Waals surface area contributed by atoms with E-state index in [4.69, 9.17) is 10.5 Å². The number of carbonyl (C=O) groups excluding carboxylic acids is 1. The SMILES string of the molecule is Nc1cc(C(=O)NCCOC2CCCC2)ccn1. The molecule has 1 amide bonds. The maximum Gasteiger partial charge on any atom is 0.251 e. The van der Waals surface area contributed by atoms with Crippen LogP contribution in [0.15, 0.2) is 18.3 Å². The number of rotatable bonds is 5. The van der Waals surface area contributed by atoms with Crippen LogP contribution in [0.1, 0.15) is 36.0 Å². The smallest absolute Gasteiger partial charge is 0.251 e. The van der Waals surface area contributed by atoms with Gasteiger partial charge in [-0.15, -0.1) is 0 Å². The largest absolute Gasteiger partial charge is 0.384 e. The van der Waals surface area contributed by atoms with E-state index in [0.717, 1.165) is 12.8 Å². The Kier molecular flexibility index (Phi) is 4.52. The molecule has 1 aromatic heterocycles. The molecule has 5 nitrogen and oxygen atoms in total. The summed E-state index contributed by atoms with van der Waals surface area (Å²) in [5.74, 6) is 0.212. The number of nitrogens with zero attached hydrogens (tertiary/aromatic N) is 1. The molecular weight excluding hydrogens is 230 g/mol. The average Bonchev–Trinajstić information content (AvgIpc) is 2.87. The lowest BCUT2D eigenvalue weighted by Crippen LogP contribution is -2.28. The van der Waals surface area contributed by atoms with Gasteiger partial charge >= 0.3 is 0 Å². The van der Waals surface area contributed by atoms with Gasteiger partial charge in [-0.3, -0.25) is 4.79 Å². The Bertz CT molecular complexity index is 403. The summed E-state index contributed by atoms with van der Waals surface area (Å²) in [5, 5.41) is 2.80. The van der Waals surface area contributed by atoms with E-state index in [2.05, 4.69) is 10.3 Å². The molecule has 1 aliphatic carbocycles. The third kappa shape index (κ3) is 3.70. The van der Waals surface area contributed by atoms with E-state index in [1.54, 1.807) is 12.1 Å². The zero-order valence-corrected chi connectivity index (χ0v) is 10.4. The standard InChI is InChI=1S/C13H19N3O2/c14-12-9-10(5-6-15-12)13(17)16-7-8-18-11-3-1-2-4-11/h5-6,9,11H,1-4,7-8H2,(H2,14,15)(H,16,17). The second-order valence-corrected chi connectivity index (χ2v) is 4.50. The molecule has 3 N–H and O–H groups in total. The van der Waals surface area contributed by atoms with E-state index in [-0.39, 0.29) is 5.91 Å². The van der Waals surface area contributed by atoms with Crippen LogP contribution in [0.3, 0.4) is 0 Å². The number of ether oxygens (including phenoxy) is 1. The van der Waals surface area contributed by atoms with Crippen LogP contribution in [0.4, 0.5) is 5.82 Å². The molecule has 0 aromatic carbocycles. The summed E-state index contributed by atoms with van der Waals surface area (Å²) in [6, 6.07) is 3.21. The molecule has 98 valence electrons. The van der Waals surface area contributed by atoms with E-state index in [1.807, 2.05) is 0 Å². The predicted octanol–water partition coefficient (Wildman–Crippen LogP) is 1.35. The summed E-state index contributed by atoms with van der Waals surface area (Å²) in [7, 11) is 0. The molecule has 0 saturated heterocycles. The van der Waals surface area contributed by atoms with Gasteiger partial charge in [0, 0.05) is 18.3 Å². The van der Waals surface area contributed by atoms with Crippen molar-refractivity contribution in [3.63, 3.8) is 0 Å². The number of anilines is 1. The minimum absolute atomic E-state index is 0.140. The van der Waals surface area contributed by atoms with Crippen LogP contribution in [0.25, 0.3) is 0 Å². The number of pyridine rings is 1. The normalized spacial score (nSPS) is 15.8. The summed E-state index contributed by atoms with van der Waals surface area (Å²) in [4.78, 5) is 15.6. The predicted molar refractivity (Wildman–Crippen MR) is 69.2 cm³/mol. The van der Waals surface area contributed by atoms with Crippen molar-refractivity contribution in [2.75, 3.05) is 18.9 Å². The van der Waals surface area contributed by atoms with Gasteiger partial charge in [-0.2, -0.15) is 0 Å². The number of hydrogen-bond donors (Lipinski definition) is 2. The van der Waals surface area contributed by atoms with Gasteiger partial charge in [0.25, 0.3) is 5.91 Å². The lowest BCUT2D eigenvalue weighted by molar-refractivity contribution is 0.0582. The van der Waals surface area contributed by atoms with Crippen molar-refractivity contribution in [2.24, 2.45) is 0 Å². The van der Waals surface area contributed by atoms with Crippen LogP contribution in [0.2, 0.25) is 0 Å². The fourth-order valence-corrected chi connectivity index (χ4v) is 2.14. The zero-order chi connectivity index (χ0) is 12.8. The second-order valence-electron chi connectivity index (χ2n) is 4.50. The van der Waals surface area contributed by atoms with E-state index in [1.165, 1.54) is 19.0 Å². The summed E-state index contributed by atoms with van der Waals surface area (Å²) in [6.07, 6.45) is 6.72. The van der Waals surface area contributed by atoms with E-state index in [9.17, 15) is 4.79 Å². The first-order chi connectivity index (χ1) is 8.75. The van der Waals surface area contributed by atoms with Gasteiger partial charge in [0.15, 0.2) is 0 Å². The quantitative estimate of drug-likeness (QED) is 0.772. The summed E-state index contributed by atoms with van der Waals surface area (Å²) in [6.45, 7) is 1.09. The molecule has 2 rings (SSSR count). The number of amides is 1. The van der Waals surface area contributed by atoms with Crippen molar-refractivity contribution < 1.29 is 9.53 Å². The minimum Gasteiger partial charge on any atom is -0.384 e. The maximum absolute atomic E-state index is 11.7. The average molecular weight is 249 g/mol. The summed E-state index contributed by atoms with van der Waals surface area (Å²) < 4.78 is 5.66. The Morgan fingerprint density at radius 1 is 1.50 bits per heavy atom. The van der Waals surface area contributed by atoms with E-state index < -0.39 is 0 Å². The summed E-state index contributed by atoms with van der Waals surface area (Å²) >= 11 is 0. The van der Waals surface area contributed by atoms with Crippen LogP contribution in [-0.4, -0.2) is 30.1 Å². The molecular formula is C13H19N3O2. The molecule has 0 spiro atoms. The number of aromatic nitrogens is 1. The number of nitrogens with two attached hydrogens (primary N) is 1. The van der Waals surface area contributed by atoms with Crippen LogP contribution >= 0.6 is 0 Å². The van der Waals surface area contributed by atoms with Crippen LogP contribution in [0, 0.1) is 0 Å². The molecule has 1 saturated carbocycles. The number of nitrogen functional groups attached to an aromatic ring is 1. The van der Waals surface area contributed by atoms with Crippen molar-refractivity contribution in [3.8, 4) is 0 Å². The molecule has 5 heteroatoms. The van der Waals surface area contributed by atoms with Crippen molar-refractivity contribution in [2.45, 2.75) is 31.8 Å². The topological polar surface area (TPSA) is 77.2 Å². The molecule has 0 radical (unpaired) electrons. The van der Waals surface area contributed by atoms with Gasteiger partial charge in [-0.25, -0.2) is 4.98 Å². The molecule has 18 heavy (non-hydrogen) atoms. The fourth-order valence-electron chi connectivity index (χ4n) is 2.14. The third-order valence-electron chi connectivity index (χ3n) is 3.09. The van der Waals surface area contributed by atoms with Gasteiger partial charge in [0.05, 0.1) is 12.7 Å². The molecule has 1 heterocycles. The lowest BCUT2D eigenvalue weighted by atomic mass is 10.2. The van der Waals surface area contributed by atoms with Gasteiger partial charge in [0.2, 0.25) is 0 Å². The summed E-state index contributed by atoms with van der Waals surface area (Å²) in [5.41, 5.74) is 6.05. The second kappa shape index (κ2) is 6.35. The van der Waals surface area contributed by atoms with Crippen LogP contribution < -0.4 is 11.1 Å². The third-order valence-corrected chi connectivity index (χ3v) is 3.09. The van der Waals surface area contributed by atoms with Crippen molar-refractivity contribution in [3.05, 3.63) is 23.9 Å². The Balaban J connectivity index is 1.68. The van der Waals surface area contributed by atoms with Gasteiger partial charge in [-0.05, 0) is 25.0 Å². The minimum atomic E-state index is -0.140. The number of nitrogens with one attached hydrogen (secondary N) is 1. The number of hydrogen-bond acceptors (Lipinski definition) is 4. The van der Waals surface area contributed by atoms with E-state index >= 15 is 0 Å². The van der Waals surface area contributed by atoms with Crippen LogP contribution in [0.5, 0.6) is 0 Å². The molecule has 0 unspecified atom stereocenters. The molecule has 1 aromatic rings. The molecule has 1 aliphatic rings. The Morgan fingerprint density at radius 3 is 3.00 bits per heavy atom. The van der Waals surface area contributed by atoms with Crippen molar-refractivity contribution in [1.29, 1.82) is 0 Å². The van der Waals surface area contributed by atoms with Crippen molar-refractivity contribution in [1.82, 2.24) is 10.3 Å². The van der Waals surface area contributed by atoms with Gasteiger partial charge < -0.3 is 15.8 Å². The molecule has 0 aliphatic heterocycles. The highest BCUT2D eigenvalue weighted by molar-refractivity contribution is 5.94. The zero-order valence-electron chi connectivity index (χ0n) is 10.4. The van der Waals surface area contributed by atoms with Crippen LogP contribution in [-0.2, 0) is 4.74 Å². The molecule has 1 fully saturated rings. The Hall–Kier alpha value is -1.62. The van der Waals surface area contributed by atoms with Gasteiger partial charge in [0.1, 0.15) is 5.82 Å². The molecule has 0 atom stereocenters. The number of carbonyl (C=O) groups is 1. The fraction of sp³-hybridized carbons (Fsp3) is 0.538. The first-order valence-corrected chi connectivity index (χ1v) is 6.37. The highest BCUT2D eigenvalue weighted by Gasteiger charge is 2.14. The first-order valence-electron chi connectivity index (χ1n) is 6.37. The molecule has 0 bridgehead atoms. The highest BCUT2D eigenvalue weighted by atomic mass is 16.5. The van der Waals surface area contributed by atoms with E-state index in [0.29, 0.717) is 30.6 Å². The van der Waals surface area contributed by atoms with Gasteiger partial charge in [-0.1, -0.05) is 12.8 Å². The first kappa shape index (κ1) is 12.8. The Morgan fingerprint density at radius 2 is 2.28 bits per heavy atom. The maximum atomic E-state index is 11.7. The Labute approximate surface area is 107 Å². The lowest BCUT2D eigenvalue weighted by Gasteiger charge is -2.11. The van der Waals surface area contributed by atoms with Crippen molar-refractivity contribution >= 4 is 11.7 Å². The highest BCUT2D eigenvalue weighted by Crippen LogP contribution is 2.20. The monoisotopic (exact) mass is 249 g/mol.